The number of fused-ring (bicyclic) bond motifs is 2. The van der Waals surface area contributed by atoms with Crippen LogP contribution in [0.25, 0.3) is 16.6 Å². The molecule has 0 N–H and O–H groups in total. The Kier molecular flexibility index (Phi) is 7.77. The molecule has 3 aliphatic rings. The number of aromatic nitrogens is 3. The van der Waals surface area contributed by atoms with E-state index >= 15 is 0 Å². The van der Waals surface area contributed by atoms with Crippen molar-refractivity contribution < 1.29 is 27.8 Å². The van der Waals surface area contributed by atoms with Gasteiger partial charge in [0.25, 0.3) is 5.88 Å². The predicted octanol–water partition coefficient (Wildman–Crippen LogP) is 5.27. The van der Waals surface area contributed by atoms with Crippen molar-refractivity contribution in [1.29, 1.82) is 5.26 Å². The van der Waals surface area contributed by atoms with Crippen LogP contribution in [0.2, 0.25) is 0 Å². The summed E-state index contributed by atoms with van der Waals surface area (Å²) in [6.45, 7) is 3.64. The first-order chi connectivity index (χ1) is 21.9. The third kappa shape index (κ3) is 5.79. The molecule has 4 aromatic rings. The number of ether oxygens (including phenoxy) is 3. The number of likely N-dealkylation sites (tertiary alicyclic amines) is 1. The van der Waals surface area contributed by atoms with Crippen molar-refractivity contribution in [3.63, 3.8) is 0 Å². The number of nitrogens with zero attached hydrogens (tertiary/aromatic N) is 5. The van der Waals surface area contributed by atoms with Gasteiger partial charge in [0.2, 0.25) is 0 Å². The lowest BCUT2D eigenvalue weighted by Gasteiger charge is -2.28. The highest BCUT2D eigenvalue weighted by molar-refractivity contribution is 5.93. The van der Waals surface area contributed by atoms with Crippen molar-refractivity contribution in [1.82, 2.24) is 19.4 Å². The van der Waals surface area contributed by atoms with Crippen LogP contribution in [0, 0.1) is 34.8 Å². The highest BCUT2D eigenvalue weighted by Crippen LogP contribution is 2.41. The van der Waals surface area contributed by atoms with Gasteiger partial charge in [0.1, 0.15) is 18.2 Å². The van der Waals surface area contributed by atoms with Gasteiger partial charge < -0.3 is 18.8 Å². The minimum atomic E-state index is -0.619. The van der Waals surface area contributed by atoms with E-state index in [0.717, 1.165) is 61.0 Å². The number of allylic oxidation sites excluding steroid dienone is 1. The van der Waals surface area contributed by atoms with Gasteiger partial charge in [-0.3, -0.25) is 4.90 Å². The number of imidazole rings is 1. The van der Waals surface area contributed by atoms with Crippen LogP contribution in [0.5, 0.6) is 5.88 Å². The van der Waals surface area contributed by atoms with Gasteiger partial charge in [-0.1, -0.05) is 12.1 Å². The smallest absolute Gasteiger partial charge is 0.337 e. The maximum atomic E-state index is 14.6. The molecule has 0 bridgehead atoms. The van der Waals surface area contributed by atoms with E-state index in [1.54, 1.807) is 12.1 Å². The number of halogens is 2. The average Bonchev–Trinajstić information content (AvgIpc) is 3.69. The molecule has 7 rings (SSSR count). The molecule has 9 nitrogen and oxygen atoms in total. The number of carbonyl (C=O) groups excluding carboxylic acids is 1. The highest BCUT2D eigenvalue weighted by Gasteiger charge is 2.37. The van der Waals surface area contributed by atoms with Gasteiger partial charge in [-0.25, -0.2) is 23.5 Å². The highest BCUT2D eigenvalue weighted by atomic mass is 19.1. The summed E-state index contributed by atoms with van der Waals surface area (Å²) in [6.07, 6.45) is 4.15. The Morgan fingerprint density at radius 3 is 2.71 bits per heavy atom. The van der Waals surface area contributed by atoms with Crippen molar-refractivity contribution in [2.45, 2.75) is 38.6 Å². The first-order valence-electron chi connectivity index (χ1n) is 15.0. The first-order valence-corrected chi connectivity index (χ1v) is 15.0. The average molecular weight is 612 g/mol. The lowest BCUT2D eigenvalue weighted by molar-refractivity contribution is -0.0591. The van der Waals surface area contributed by atoms with Gasteiger partial charge in [-0.05, 0) is 72.7 Å². The standard InChI is InChI=1S/C34H31F2N5O4/c1-43-34(42)21-4-6-30-31(13-21)41(17-26-8-9-44-26)32(38-30)18-40-15-24-11-23(12-25(24)16-40)29-7-5-27(35)33(39-29)45-19-22-3-2-20(14-37)10-28(22)36/h2-7,10-11,13,24-26H,8-9,12,15-19H2,1H3/t24?,25?,26-/m0/s1. The molecule has 0 saturated carbocycles. The predicted molar refractivity (Wildman–Crippen MR) is 160 cm³/mol. The fraction of sp³-hybridized carbons (Fsp3) is 0.353. The van der Waals surface area contributed by atoms with E-state index in [2.05, 4.69) is 20.5 Å². The lowest BCUT2D eigenvalue weighted by atomic mass is 9.99. The first kappa shape index (κ1) is 29.1. The number of hydrogen-bond donors (Lipinski definition) is 0. The van der Waals surface area contributed by atoms with E-state index in [4.69, 9.17) is 24.5 Å². The molecular weight excluding hydrogens is 580 g/mol. The van der Waals surface area contributed by atoms with E-state index in [0.29, 0.717) is 36.2 Å². The summed E-state index contributed by atoms with van der Waals surface area (Å²) in [6, 6.07) is 14.4. The van der Waals surface area contributed by atoms with Gasteiger partial charge in [0.15, 0.2) is 5.82 Å². The van der Waals surface area contributed by atoms with E-state index in [1.807, 2.05) is 18.2 Å². The van der Waals surface area contributed by atoms with Crippen molar-refractivity contribution >= 4 is 22.6 Å². The Balaban J connectivity index is 1.05. The van der Waals surface area contributed by atoms with Crippen LogP contribution in [-0.4, -0.2) is 58.3 Å². The second-order valence-corrected chi connectivity index (χ2v) is 11.8. The van der Waals surface area contributed by atoms with E-state index in [1.165, 1.54) is 25.3 Å². The SMILES string of the molecule is COC(=O)c1ccc2nc(CN3CC4C=C(c5ccc(F)c(OCc6ccc(C#N)cc6F)n5)CC4C3)n(C[C@@H]3CCO3)c2c1. The number of nitriles is 1. The molecule has 45 heavy (non-hydrogen) atoms. The van der Waals surface area contributed by atoms with Crippen molar-refractivity contribution in [2.24, 2.45) is 11.8 Å². The fourth-order valence-corrected chi connectivity index (χ4v) is 6.48. The summed E-state index contributed by atoms with van der Waals surface area (Å²) in [5.74, 6) is -0.111. The molecule has 4 heterocycles. The van der Waals surface area contributed by atoms with Gasteiger partial charge in [-0.15, -0.1) is 0 Å². The molecule has 0 spiro atoms. The Morgan fingerprint density at radius 1 is 1.11 bits per heavy atom. The molecule has 2 saturated heterocycles. The quantitative estimate of drug-likeness (QED) is 0.236. The molecule has 1 aliphatic carbocycles. The number of methoxy groups -OCH3 is 1. The third-order valence-electron chi connectivity index (χ3n) is 8.95. The molecule has 0 amide bonds. The number of rotatable bonds is 9. The molecule has 2 fully saturated rings. The zero-order valence-electron chi connectivity index (χ0n) is 24.7. The Bertz CT molecular complexity index is 1860. The van der Waals surface area contributed by atoms with E-state index < -0.39 is 11.6 Å². The number of carbonyl (C=O) groups is 1. The summed E-state index contributed by atoms with van der Waals surface area (Å²) in [5.41, 5.74) is 4.34. The zero-order valence-corrected chi connectivity index (χ0v) is 24.7. The van der Waals surface area contributed by atoms with Crippen LogP contribution in [0.15, 0.2) is 54.6 Å². The van der Waals surface area contributed by atoms with Crippen LogP contribution < -0.4 is 4.74 Å². The summed E-state index contributed by atoms with van der Waals surface area (Å²) in [5, 5.41) is 8.94. The molecule has 230 valence electrons. The second kappa shape index (κ2) is 12.0. The third-order valence-corrected chi connectivity index (χ3v) is 8.95. The molecule has 3 atom stereocenters. The maximum absolute atomic E-state index is 14.6. The second-order valence-electron chi connectivity index (χ2n) is 11.8. The molecule has 11 heteroatoms. The minimum Gasteiger partial charge on any atom is -0.471 e. The molecular formula is C34H31F2N5O4. The number of esters is 1. The molecule has 2 aromatic heterocycles. The van der Waals surface area contributed by atoms with E-state index in [-0.39, 0.29) is 35.7 Å². The Labute approximate surface area is 258 Å². The van der Waals surface area contributed by atoms with Crippen molar-refractivity contribution in [2.75, 3.05) is 26.8 Å². The monoisotopic (exact) mass is 611 g/mol. The molecule has 2 aromatic carbocycles. The van der Waals surface area contributed by atoms with E-state index in [9.17, 15) is 13.6 Å². The summed E-state index contributed by atoms with van der Waals surface area (Å²) in [7, 11) is 1.38. The molecule has 0 radical (unpaired) electrons. The summed E-state index contributed by atoms with van der Waals surface area (Å²) < 4.78 is 47.3. The van der Waals surface area contributed by atoms with Gasteiger partial charge in [0, 0.05) is 25.3 Å². The van der Waals surface area contributed by atoms with Crippen LogP contribution in [0.1, 0.15) is 45.8 Å². The number of benzene rings is 2. The van der Waals surface area contributed by atoms with Gasteiger partial charge >= 0.3 is 5.97 Å². The van der Waals surface area contributed by atoms with Crippen LogP contribution >= 0.6 is 0 Å². The molecule has 2 unspecified atom stereocenters. The number of pyridine rings is 1. The summed E-state index contributed by atoms with van der Waals surface area (Å²) in [4.78, 5) is 24.0. The van der Waals surface area contributed by atoms with Crippen molar-refractivity contribution in [3.05, 3.63) is 94.5 Å². The van der Waals surface area contributed by atoms with Crippen LogP contribution in [0.3, 0.4) is 0 Å². The van der Waals surface area contributed by atoms with Gasteiger partial charge in [0.05, 0.1) is 60.2 Å². The van der Waals surface area contributed by atoms with Crippen molar-refractivity contribution in [3.8, 4) is 11.9 Å². The number of hydrogen-bond acceptors (Lipinski definition) is 8. The topological polar surface area (TPSA) is 102 Å². The summed E-state index contributed by atoms with van der Waals surface area (Å²) >= 11 is 0. The Hall–Kier alpha value is -4.66. The Morgan fingerprint density at radius 2 is 1.98 bits per heavy atom. The maximum Gasteiger partial charge on any atom is 0.337 e. The normalized spacial score (nSPS) is 20.8. The zero-order chi connectivity index (χ0) is 31.1. The minimum absolute atomic E-state index is 0.131. The fourth-order valence-electron chi connectivity index (χ4n) is 6.48. The van der Waals surface area contributed by atoms with Gasteiger partial charge in [-0.2, -0.15) is 5.26 Å². The van der Waals surface area contributed by atoms with Crippen LogP contribution in [0.4, 0.5) is 8.78 Å². The molecule has 2 aliphatic heterocycles. The largest absolute Gasteiger partial charge is 0.471 e. The van der Waals surface area contributed by atoms with Crippen LogP contribution in [-0.2, 0) is 29.2 Å². The lowest BCUT2D eigenvalue weighted by Crippen LogP contribution is -2.32.